The second-order valence-electron chi connectivity index (χ2n) is 6.89. The quantitative estimate of drug-likeness (QED) is 0.576. The number of nitro benzene ring substituents is 1. The predicted octanol–water partition coefficient (Wildman–Crippen LogP) is 3.01. The molecule has 1 aliphatic heterocycles. The van der Waals surface area contributed by atoms with Crippen molar-refractivity contribution >= 4 is 17.5 Å². The molecule has 26 heavy (non-hydrogen) atoms. The molecule has 0 radical (unpaired) electrons. The van der Waals surface area contributed by atoms with Gasteiger partial charge in [0.2, 0.25) is 5.91 Å². The van der Waals surface area contributed by atoms with Crippen molar-refractivity contribution in [2.24, 2.45) is 5.92 Å². The molecule has 0 atom stereocenters. The van der Waals surface area contributed by atoms with E-state index < -0.39 is 4.92 Å². The van der Waals surface area contributed by atoms with Crippen LogP contribution in [0.2, 0.25) is 0 Å². The molecule has 1 aromatic carbocycles. The maximum absolute atomic E-state index is 12.8. The lowest BCUT2D eigenvalue weighted by atomic mass is 9.94. The summed E-state index contributed by atoms with van der Waals surface area (Å²) >= 11 is 0. The van der Waals surface area contributed by atoms with Crippen molar-refractivity contribution in [1.29, 1.82) is 0 Å². The second-order valence-corrected chi connectivity index (χ2v) is 6.89. The summed E-state index contributed by atoms with van der Waals surface area (Å²) in [6, 6.07) is 4.57. The van der Waals surface area contributed by atoms with Crippen LogP contribution in [0, 0.1) is 23.0 Å². The molecule has 0 aliphatic carbocycles. The largest absolute Gasteiger partial charge is 0.346 e. The smallest absolute Gasteiger partial charge is 0.273 e. The van der Waals surface area contributed by atoms with E-state index in [-0.39, 0.29) is 23.4 Å². The summed E-state index contributed by atoms with van der Waals surface area (Å²) in [5.41, 5.74) is 0.711. The summed E-state index contributed by atoms with van der Waals surface area (Å²) in [5.74, 6) is -0.0966. The van der Waals surface area contributed by atoms with Gasteiger partial charge in [-0.05, 0) is 32.3 Å². The Bertz CT molecular complexity index is 681. The minimum Gasteiger partial charge on any atom is -0.346 e. The molecular formula is C19H27N3O4. The van der Waals surface area contributed by atoms with Crippen LogP contribution >= 0.6 is 0 Å². The molecular weight excluding hydrogens is 334 g/mol. The maximum Gasteiger partial charge on any atom is 0.273 e. The SMILES string of the molecule is CCCCN(C)C(=O)C1CCN(C(=O)c2cccc([N+](=O)[O-])c2C)CC1. The van der Waals surface area contributed by atoms with E-state index in [0.29, 0.717) is 37.1 Å². The van der Waals surface area contributed by atoms with Crippen molar-refractivity contribution in [1.82, 2.24) is 9.80 Å². The number of rotatable bonds is 6. The van der Waals surface area contributed by atoms with Crippen LogP contribution in [-0.4, -0.2) is 53.2 Å². The molecule has 2 rings (SSSR count). The van der Waals surface area contributed by atoms with Gasteiger partial charge in [0.25, 0.3) is 11.6 Å². The number of nitrogens with zero attached hydrogens (tertiary/aromatic N) is 3. The highest BCUT2D eigenvalue weighted by Crippen LogP contribution is 2.25. The van der Waals surface area contributed by atoms with Crippen molar-refractivity contribution in [3.05, 3.63) is 39.4 Å². The third-order valence-corrected chi connectivity index (χ3v) is 5.09. The molecule has 1 aliphatic rings. The Morgan fingerprint density at radius 1 is 1.31 bits per heavy atom. The fourth-order valence-electron chi connectivity index (χ4n) is 3.37. The molecule has 1 heterocycles. The number of piperidine rings is 1. The van der Waals surface area contributed by atoms with E-state index in [1.807, 2.05) is 7.05 Å². The number of benzene rings is 1. The van der Waals surface area contributed by atoms with Gasteiger partial charge in [0.1, 0.15) is 0 Å². The molecule has 0 unspecified atom stereocenters. The van der Waals surface area contributed by atoms with Gasteiger partial charge in [0.05, 0.1) is 4.92 Å². The van der Waals surface area contributed by atoms with Crippen LogP contribution in [0.25, 0.3) is 0 Å². The van der Waals surface area contributed by atoms with Gasteiger partial charge in [-0.1, -0.05) is 19.4 Å². The van der Waals surface area contributed by atoms with Gasteiger partial charge in [0, 0.05) is 49.8 Å². The number of hydrogen-bond donors (Lipinski definition) is 0. The molecule has 1 saturated heterocycles. The van der Waals surface area contributed by atoms with Gasteiger partial charge in [-0.25, -0.2) is 0 Å². The number of carbonyl (C=O) groups excluding carboxylic acids is 2. The van der Waals surface area contributed by atoms with E-state index >= 15 is 0 Å². The summed E-state index contributed by atoms with van der Waals surface area (Å²) < 4.78 is 0. The van der Waals surface area contributed by atoms with E-state index in [1.54, 1.807) is 22.8 Å². The first-order valence-electron chi connectivity index (χ1n) is 9.15. The average molecular weight is 361 g/mol. The first-order valence-corrected chi connectivity index (χ1v) is 9.15. The molecule has 142 valence electrons. The molecule has 1 aromatic rings. The van der Waals surface area contributed by atoms with Crippen LogP contribution in [0.3, 0.4) is 0 Å². The van der Waals surface area contributed by atoms with Gasteiger partial charge < -0.3 is 9.80 Å². The first kappa shape index (κ1) is 19.9. The Morgan fingerprint density at radius 2 is 1.96 bits per heavy atom. The molecule has 7 nitrogen and oxygen atoms in total. The summed E-state index contributed by atoms with van der Waals surface area (Å²) in [5, 5.41) is 11.1. The Labute approximate surface area is 154 Å². The average Bonchev–Trinajstić information content (AvgIpc) is 2.65. The van der Waals surface area contributed by atoms with E-state index in [1.165, 1.54) is 12.1 Å². The highest BCUT2D eigenvalue weighted by molar-refractivity contribution is 5.96. The molecule has 0 N–H and O–H groups in total. The van der Waals surface area contributed by atoms with Gasteiger partial charge in [-0.3, -0.25) is 19.7 Å². The van der Waals surface area contributed by atoms with E-state index in [9.17, 15) is 19.7 Å². The Kier molecular flexibility index (Phi) is 6.71. The van der Waals surface area contributed by atoms with Crippen molar-refractivity contribution in [2.75, 3.05) is 26.7 Å². The van der Waals surface area contributed by atoms with Crippen molar-refractivity contribution in [2.45, 2.75) is 39.5 Å². The maximum atomic E-state index is 12.8. The number of nitro groups is 1. The minimum atomic E-state index is -0.469. The van der Waals surface area contributed by atoms with Gasteiger partial charge >= 0.3 is 0 Å². The van der Waals surface area contributed by atoms with Crippen LogP contribution in [0.5, 0.6) is 0 Å². The van der Waals surface area contributed by atoms with Gasteiger partial charge in [-0.2, -0.15) is 0 Å². The van der Waals surface area contributed by atoms with Crippen molar-refractivity contribution < 1.29 is 14.5 Å². The topological polar surface area (TPSA) is 83.8 Å². The van der Waals surface area contributed by atoms with Crippen LogP contribution in [0.4, 0.5) is 5.69 Å². The van der Waals surface area contributed by atoms with Crippen LogP contribution in [-0.2, 0) is 4.79 Å². The van der Waals surface area contributed by atoms with Crippen molar-refractivity contribution in [3.8, 4) is 0 Å². The standard InChI is InChI=1S/C19H27N3O4/c1-4-5-11-20(3)18(23)15-9-12-21(13-10-15)19(24)16-7-6-8-17(14(16)2)22(25)26/h6-8,15H,4-5,9-13H2,1-3H3. The van der Waals surface area contributed by atoms with E-state index in [4.69, 9.17) is 0 Å². The summed E-state index contributed by atoms with van der Waals surface area (Å²) in [7, 11) is 1.84. The minimum absolute atomic E-state index is 0.0431. The molecule has 1 fully saturated rings. The normalized spacial score (nSPS) is 15.0. The third-order valence-electron chi connectivity index (χ3n) is 5.09. The Morgan fingerprint density at radius 3 is 2.54 bits per heavy atom. The molecule has 0 spiro atoms. The lowest BCUT2D eigenvalue weighted by Gasteiger charge is -2.33. The van der Waals surface area contributed by atoms with Crippen molar-refractivity contribution in [3.63, 3.8) is 0 Å². The Balaban J connectivity index is 2.00. The monoisotopic (exact) mass is 361 g/mol. The van der Waals surface area contributed by atoms with Crippen LogP contribution < -0.4 is 0 Å². The van der Waals surface area contributed by atoms with Gasteiger partial charge in [0.15, 0.2) is 0 Å². The molecule has 0 saturated carbocycles. The highest BCUT2D eigenvalue weighted by Gasteiger charge is 2.30. The number of hydrogen-bond acceptors (Lipinski definition) is 4. The zero-order chi connectivity index (χ0) is 19.3. The lowest BCUT2D eigenvalue weighted by Crippen LogP contribution is -2.43. The van der Waals surface area contributed by atoms with Crippen LogP contribution in [0.1, 0.15) is 48.5 Å². The molecule has 7 heteroatoms. The number of unbranched alkanes of at least 4 members (excludes halogenated alkanes) is 1. The lowest BCUT2D eigenvalue weighted by molar-refractivity contribution is -0.385. The number of likely N-dealkylation sites (tertiary alicyclic amines) is 1. The number of amides is 2. The van der Waals surface area contributed by atoms with E-state index in [0.717, 1.165) is 19.4 Å². The summed E-state index contributed by atoms with van der Waals surface area (Å²) in [4.78, 5) is 39.3. The first-order chi connectivity index (χ1) is 12.4. The van der Waals surface area contributed by atoms with Crippen LogP contribution in [0.15, 0.2) is 18.2 Å². The highest BCUT2D eigenvalue weighted by atomic mass is 16.6. The summed E-state index contributed by atoms with van der Waals surface area (Å²) in [6.45, 7) is 5.46. The molecule has 2 amide bonds. The number of carbonyl (C=O) groups is 2. The van der Waals surface area contributed by atoms with Gasteiger partial charge in [-0.15, -0.1) is 0 Å². The fourth-order valence-corrected chi connectivity index (χ4v) is 3.37. The molecule has 0 bridgehead atoms. The summed E-state index contributed by atoms with van der Waals surface area (Å²) in [6.07, 6.45) is 3.31. The Hall–Kier alpha value is -2.44. The fraction of sp³-hybridized carbons (Fsp3) is 0.579. The second kappa shape index (κ2) is 8.78. The van der Waals surface area contributed by atoms with E-state index in [2.05, 4.69) is 6.92 Å². The zero-order valence-corrected chi connectivity index (χ0v) is 15.7. The zero-order valence-electron chi connectivity index (χ0n) is 15.7. The molecule has 0 aromatic heterocycles. The predicted molar refractivity (Wildman–Crippen MR) is 99.0 cm³/mol. The third kappa shape index (κ3) is 4.39.